The van der Waals surface area contributed by atoms with Crippen molar-refractivity contribution in [3.8, 4) is 0 Å². The van der Waals surface area contributed by atoms with E-state index >= 15 is 0 Å². The number of carboxylic acids is 1. The van der Waals surface area contributed by atoms with Gasteiger partial charge in [-0.1, -0.05) is 32.8 Å². The van der Waals surface area contributed by atoms with Crippen molar-refractivity contribution < 1.29 is 9.90 Å². The predicted molar refractivity (Wildman–Crippen MR) is 77.7 cm³/mol. The molecule has 3 nitrogen and oxygen atoms in total. The van der Waals surface area contributed by atoms with Gasteiger partial charge in [-0.3, -0.25) is 0 Å². The summed E-state index contributed by atoms with van der Waals surface area (Å²) in [5.41, 5.74) is 2.19. The third-order valence-corrected chi connectivity index (χ3v) is 4.61. The summed E-state index contributed by atoms with van der Waals surface area (Å²) >= 11 is 0. The average Bonchev–Trinajstić information content (AvgIpc) is 2.37. The van der Waals surface area contributed by atoms with Crippen molar-refractivity contribution in [2.24, 2.45) is 11.8 Å². The Morgan fingerprint density at radius 2 is 2.05 bits per heavy atom. The van der Waals surface area contributed by atoms with Crippen LogP contribution in [-0.4, -0.2) is 17.1 Å². The number of carboxylic acid groups (broad SMARTS) is 1. The van der Waals surface area contributed by atoms with Gasteiger partial charge in [0.25, 0.3) is 0 Å². The highest BCUT2D eigenvalue weighted by molar-refractivity contribution is 5.91. The second kappa shape index (κ2) is 5.64. The summed E-state index contributed by atoms with van der Waals surface area (Å²) in [5, 5.41) is 12.7. The lowest BCUT2D eigenvalue weighted by Gasteiger charge is -2.35. The van der Waals surface area contributed by atoms with E-state index in [0.717, 1.165) is 17.2 Å². The van der Waals surface area contributed by atoms with Crippen LogP contribution >= 0.6 is 0 Å². The van der Waals surface area contributed by atoms with E-state index < -0.39 is 5.97 Å². The number of carbonyl (C=O) groups is 1. The molecular formula is C16H23NO2. The summed E-state index contributed by atoms with van der Waals surface area (Å²) in [7, 11) is 0. The molecular weight excluding hydrogens is 238 g/mol. The van der Waals surface area contributed by atoms with Gasteiger partial charge in [-0.2, -0.15) is 0 Å². The monoisotopic (exact) mass is 261 g/mol. The molecule has 3 unspecified atom stereocenters. The smallest absolute Gasteiger partial charge is 0.336 e. The molecule has 1 aliphatic carbocycles. The fourth-order valence-corrected chi connectivity index (χ4v) is 3.01. The highest BCUT2D eigenvalue weighted by atomic mass is 16.4. The molecule has 2 N–H and O–H groups in total. The van der Waals surface area contributed by atoms with Crippen molar-refractivity contribution in [3.63, 3.8) is 0 Å². The minimum atomic E-state index is -0.855. The Hall–Kier alpha value is -1.51. The lowest BCUT2D eigenvalue weighted by Crippen LogP contribution is -2.35. The number of aromatic carboxylic acids is 1. The van der Waals surface area contributed by atoms with E-state index in [4.69, 9.17) is 5.11 Å². The minimum Gasteiger partial charge on any atom is -0.478 e. The summed E-state index contributed by atoms with van der Waals surface area (Å²) in [6.07, 6.45) is 3.72. The number of hydrogen-bond donors (Lipinski definition) is 2. The second-order valence-electron chi connectivity index (χ2n) is 5.80. The van der Waals surface area contributed by atoms with Crippen molar-refractivity contribution >= 4 is 11.7 Å². The Kier molecular flexibility index (Phi) is 4.13. The lowest BCUT2D eigenvalue weighted by atomic mass is 9.78. The van der Waals surface area contributed by atoms with Crippen LogP contribution in [0.15, 0.2) is 18.2 Å². The van der Waals surface area contributed by atoms with Crippen LogP contribution in [0.5, 0.6) is 0 Å². The van der Waals surface area contributed by atoms with Crippen molar-refractivity contribution in [1.82, 2.24) is 0 Å². The van der Waals surface area contributed by atoms with Gasteiger partial charge in [-0.25, -0.2) is 4.79 Å². The molecule has 0 aliphatic heterocycles. The maximum atomic E-state index is 11.2. The summed E-state index contributed by atoms with van der Waals surface area (Å²) < 4.78 is 0. The van der Waals surface area contributed by atoms with Crippen LogP contribution < -0.4 is 5.32 Å². The topological polar surface area (TPSA) is 49.3 Å². The van der Waals surface area contributed by atoms with E-state index in [1.807, 2.05) is 19.1 Å². The first-order valence-corrected chi connectivity index (χ1v) is 7.10. The van der Waals surface area contributed by atoms with Gasteiger partial charge in [-0.15, -0.1) is 0 Å². The summed E-state index contributed by atoms with van der Waals surface area (Å²) in [6.45, 7) is 6.47. The van der Waals surface area contributed by atoms with Crippen LogP contribution in [-0.2, 0) is 0 Å². The molecule has 0 bridgehead atoms. The van der Waals surface area contributed by atoms with Crippen LogP contribution in [0.4, 0.5) is 5.69 Å². The molecule has 0 saturated heterocycles. The van der Waals surface area contributed by atoms with Crippen LogP contribution in [0.3, 0.4) is 0 Å². The SMILES string of the molecule is Cc1c(NC2CCCC(C)C2C)cccc1C(=O)O. The Morgan fingerprint density at radius 3 is 2.74 bits per heavy atom. The largest absolute Gasteiger partial charge is 0.478 e. The predicted octanol–water partition coefficient (Wildman–Crippen LogP) is 3.93. The first-order valence-electron chi connectivity index (χ1n) is 7.10. The number of anilines is 1. The van der Waals surface area contributed by atoms with Crippen LogP contribution in [0.25, 0.3) is 0 Å². The number of rotatable bonds is 3. The molecule has 3 atom stereocenters. The third-order valence-electron chi connectivity index (χ3n) is 4.61. The fraction of sp³-hybridized carbons (Fsp3) is 0.562. The van der Waals surface area contributed by atoms with Gasteiger partial charge in [-0.05, 0) is 42.9 Å². The Bertz CT molecular complexity index is 470. The van der Waals surface area contributed by atoms with Gasteiger partial charge in [0, 0.05) is 11.7 Å². The molecule has 1 fully saturated rings. The summed E-state index contributed by atoms with van der Waals surface area (Å²) in [6, 6.07) is 5.91. The lowest BCUT2D eigenvalue weighted by molar-refractivity contribution is 0.0696. The van der Waals surface area contributed by atoms with Crippen molar-refractivity contribution in [2.75, 3.05) is 5.32 Å². The normalized spacial score (nSPS) is 27.0. The van der Waals surface area contributed by atoms with E-state index in [1.54, 1.807) is 6.07 Å². The van der Waals surface area contributed by atoms with Gasteiger partial charge in [0.05, 0.1) is 5.56 Å². The van der Waals surface area contributed by atoms with Crippen LogP contribution in [0.2, 0.25) is 0 Å². The average molecular weight is 261 g/mol. The Labute approximate surface area is 115 Å². The van der Waals surface area contributed by atoms with Gasteiger partial charge in [0.15, 0.2) is 0 Å². The van der Waals surface area contributed by atoms with E-state index in [2.05, 4.69) is 19.2 Å². The first kappa shape index (κ1) is 13.9. The molecule has 1 aromatic carbocycles. The van der Waals surface area contributed by atoms with Gasteiger partial charge in [0.2, 0.25) is 0 Å². The van der Waals surface area contributed by atoms with Crippen LogP contribution in [0, 0.1) is 18.8 Å². The van der Waals surface area contributed by atoms with E-state index in [1.165, 1.54) is 19.3 Å². The molecule has 1 saturated carbocycles. The number of hydrogen-bond acceptors (Lipinski definition) is 2. The molecule has 1 aliphatic rings. The molecule has 104 valence electrons. The second-order valence-corrected chi connectivity index (χ2v) is 5.80. The minimum absolute atomic E-state index is 0.390. The van der Waals surface area contributed by atoms with Crippen molar-refractivity contribution in [2.45, 2.75) is 46.1 Å². The zero-order valence-corrected chi connectivity index (χ0v) is 11.9. The van der Waals surface area contributed by atoms with Gasteiger partial charge in [0.1, 0.15) is 0 Å². The molecule has 0 heterocycles. The molecule has 0 spiro atoms. The molecule has 0 amide bonds. The number of nitrogens with one attached hydrogen (secondary N) is 1. The summed E-state index contributed by atoms with van der Waals surface area (Å²) in [4.78, 5) is 11.2. The van der Waals surface area contributed by atoms with Gasteiger partial charge >= 0.3 is 5.97 Å². The summed E-state index contributed by atoms with van der Waals surface area (Å²) in [5.74, 6) is 0.502. The molecule has 1 aromatic rings. The Morgan fingerprint density at radius 1 is 1.32 bits per heavy atom. The quantitative estimate of drug-likeness (QED) is 0.866. The highest BCUT2D eigenvalue weighted by Crippen LogP contribution is 2.32. The van der Waals surface area contributed by atoms with E-state index in [0.29, 0.717) is 17.5 Å². The zero-order valence-electron chi connectivity index (χ0n) is 11.9. The molecule has 2 rings (SSSR count). The molecule has 0 radical (unpaired) electrons. The fourth-order valence-electron chi connectivity index (χ4n) is 3.01. The number of benzene rings is 1. The van der Waals surface area contributed by atoms with E-state index in [-0.39, 0.29) is 0 Å². The molecule has 3 heteroatoms. The Balaban J connectivity index is 2.19. The van der Waals surface area contributed by atoms with Gasteiger partial charge < -0.3 is 10.4 Å². The van der Waals surface area contributed by atoms with Crippen LogP contribution in [0.1, 0.15) is 49.0 Å². The molecule has 0 aromatic heterocycles. The van der Waals surface area contributed by atoms with Crippen molar-refractivity contribution in [3.05, 3.63) is 29.3 Å². The standard InChI is InChI=1S/C16H23NO2/c1-10-6-4-8-14(11(10)2)17-15-9-5-7-13(12(15)3)16(18)19/h5,7,9-11,14,17H,4,6,8H2,1-3H3,(H,18,19). The maximum absolute atomic E-state index is 11.2. The zero-order chi connectivity index (χ0) is 14.0. The molecule has 19 heavy (non-hydrogen) atoms. The van der Waals surface area contributed by atoms with Crippen molar-refractivity contribution in [1.29, 1.82) is 0 Å². The van der Waals surface area contributed by atoms with E-state index in [9.17, 15) is 4.79 Å². The first-order chi connectivity index (χ1) is 9.00. The third kappa shape index (κ3) is 2.91. The maximum Gasteiger partial charge on any atom is 0.336 e. The highest BCUT2D eigenvalue weighted by Gasteiger charge is 2.27.